The van der Waals surface area contributed by atoms with Crippen molar-refractivity contribution in [3.63, 3.8) is 0 Å². The first-order valence-electron chi connectivity index (χ1n) is 13.3. The Labute approximate surface area is 225 Å². The Bertz CT molecular complexity index is 902. The van der Waals surface area contributed by atoms with Gasteiger partial charge in [0.05, 0.1) is 13.7 Å². The number of methoxy groups -OCH3 is 1. The summed E-state index contributed by atoms with van der Waals surface area (Å²) >= 11 is 0. The summed E-state index contributed by atoms with van der Waals surface area (Å²) in [6, 6.07) is 4.06. The Balaban J connectivity index is 3.00. The molecule has 2 unspecified atom stereocenters. The molecule has 0 amide bonds. The van der Waals surface area contributed by atoms with Gasteiger partial charge in [-0.15, -0.1) is 0 Å². The first-order chi connectivity index (χ1) is 18.1. The Morgan fingerprint density at radius 2 is 1.42 bits per heavy atom. The number of hydrogen-bond donors (Lipinski definition) is 1. The quantitative estimate of drug-likeness (QED) is 0.171. The maximum atomic E-state index is 12.5. The van der Waals surface area contributed by atoms with Crippen molar-refractivity contribution in [1.82, 2.24) is 5.32 Å². The second kappa shape index (κ2) is 18.2. The molecule has 1 aromatic carbocycles. The van der Waals surface area contributed by atoms with E-state index in [-0.39, 0.29) is 62.4 Å². The first-order valence-corrected chi connectivity index (χ1v) is 13.3. The summed E-state index contributed by atoms with van der Waals surface area (Å²) in [6.07, 6.45) is 2.20. The van der Waals surface area contributed by atoms with E-state index in [0.29, 0.717) is 12.0 Å². The fraction of sp³-hybridized carbons (Fsp3) is 0.643. The molecule has 1 rings (SSSR count). The van der Waals surface area contributed by atoms with Gasteiger partial charge in [0, 0.05) is 19.4 Å². The van der Waals surface area contributed by atoms with Crippen LogP contribution in [0.25, 0.3) is 0 Å². The van der Waals surface area contributed by atoms with Gasteiger partial charge in [0.25, 0.3) is 0 Å². The van der Waals surface area contributed by atoms with Crippen LogP contribution in [-0.2, 0) is 35.0 Å². The third-order valence-corrected chi connectivity index (χ3v) is 5.94. The largest absolute Gasteiger partial charge is 0.508 e. The zero-order valence-corrected chi connectivity index (χ0v) is 23.5. The second-order valence-corrected chi connectivity index (χ2v) is 9.35. The molecule has 10 heteroatoms. The van der Waals surface area contributed by atoms with Gasteiger partial charge in [-0.3, -0.25) is 14.4 Å². The average molecular weight is 538 g/mol. The minimum absolute atomic E-state index is 0.000407. The van der Waals surface area contributed by atoms with Crippen molar-refractivity contribution >= 4 is 24.1 Å². The summed E-state index contributed by atoms with van der Waals surface area (Å²) in [4.78, 5) is 48.8. The van der Waals surface area contributed by atoms with Crippen LogP contribution in [-0.4, -0.2) is 57.0 Å². The van der Waals surface area contributed by atoms with Crippen molar-refractivity contribution in [3.8, 4) is 11.5 Å². The number of carbonyl (C=O) groups excluding carboxylic acids is 4. The molecule has 0 aliphatic heterocycles. The zero-order chi connectivity index (χ0) is 28.5. The van der Waals surface area contributed by atoms with Gasteiger partial charge in [-0.05, 0) is 42.4 Å². The number of hydrogen-bond acceptors (Lipinski definition) is 10. The molecular weight excluding hydrogens is 494 g/mol. The minimum atomic E-state index is -0.773. The van der Waals surface area contributed by atoms with Crippen molar-refractivity contribution in [2.75, 3.05) is 26.9 Å². The lowest BCUT2D eigenvalue weighted by Gasteiger charge is -2.18. The van der Waals surface area contributed by atoms with E-state index in [2.05, 4.69) is 5.32 Å². The van der Waals surface area contributed by atoms with Crippen LogP contribution >= 0.6 is 0 Å². The number of esters is 3. The van der Waals surface area contributed by atoms with E-state index in [4.69, 9.17) is 23.7 Å². The third kappa shape index (κ3) is 12.9. The van der Waals surface area contributed by atoms with E-state index < -0.39 is 30.1 Å². The fourth-order valence-electron chi connectivity index (χ4n) is 3.24. The molecule has 0 aliphatic carbocycles. The van der Waals surface area contributed by atoms with E-state index in [1.165, 1.54) is 7.11 Å². The lowest BCUT2D eigenvalue weighted by Crippen LogP contribution is -2.41. The number of ether oxygens (including phenoxy) is 5. The molecule has 0 saturated carbocycles. The van der Waals surface area contributed by atoms with Crippen LogP contribution in [0.4, 0.5) is 4.79 Å². The Morgan fingerprint density at radius 1 is 0.842 bits per heavy atom. The first kappa shape index (κ1) is 32.9. The molecule has 10 nitrogen and oxygen atoms in total. The van der Waals surface area contributed by atoms with Gasteiger partial charge in [0.15, 0.2) is 11.5 Å². The summed E-state index contributed by atoms with van der Waals surface area (Å²) in [5.41, 5.74) is 0.643. The van der Waals surface area contributed by atoms with Crippen molar-refractivity contribution < 1.29 is 42.9 Å². The summed E-state index contributed by atoms with van der Waals surface area (Å²) in [7, 11) is 1.28. The van der Waals surface area contributed by atoms with E-state index in [1.54, 1.807) is 18.2 Å². The molecule has 38 heavy (non-hydrogen) atoms. The predicted octanol–water partition coefficient (Wildman–Crippen LogP) is 4.61. The van der Waals surface area contributed by atoms with E-state index >= 15 is 0 Å². The highest BCUT2D eigenvalue weighted by Gasteiger charge is 2.22. The summed E-state index contributed by atoms with van der Waals surface area (Å²) in [5.74, 6) is -0.833. The Hall–Kier alpha value is -3.14. The minimum Gasteiger partial charge on any atom is -0.468 e. The van der Waals surface area contributed by atoms with Gasteiger partial charge < -0.3 is 29.0 Å². The van der Waals surface area contributed by atoms with Crippen molar-refractivity contribution in [2.45, 2.75) is 79.2 Å². The standard InChI is InChI=1S/C28H43NO9/c1-7-13-35-28(33)36-14-12-29-22(27(32)34-6)17-21-10-11-23(37-25(30)15-19(4)8-2)24(18-21)38-26(31)16-20(5)9-3/h10-11,18-20,22,29H,7-9,12-17H2,1-6H3/t19?,20?,22-/m0/s1. The molecule has 0 fully saturated rings. The number of rotatable bonds is 17. The molecule has 0 spiro atoms. The lowest BCUT2D eigenvalue weighted by molar-refractivity contribution is -0.143. The highest BCUT2D eigenvalue weighted by molar-refractivity contribution is 5.77. The maximum Gasteiger partial charge on any atom is 0.508 e. The molecule has 0 bridgehead atoms. The summed E-state index contributed by atoms with van der Waals surface area (Å²) < 4.78 is 25.8. The molecular formula is C28H43NO9. The SMILES string of the molecule is CCCOC(=O)OCCN[C@@H](Cc1ccc(OC(=O)CC(C)CC)c(OC(=O)CC(C)CC)c1)C(=O)OC. The highest BCUT2D eigenvalue weighted by Crippen LogP contribution is 2.31. The summed E-state index contributed by atoms with van der Waals surface area (Å²) in [5, 5.41) is 3.00. The van der Waals surface area contributed by atoms with E-state index in [0.717, 1.165) is 12.8 Å². The molecule has 1 N–H and O–H groups in total. The van der Waals surface area contributed by atoms with Crippen LogP contribution in [0, 0.1) is 11.8 Å². The van der Waals surface area contributed by atoms with Crippen LogP contribution in [0.2, 0.25) is 0 Å². The second-order valence-electron chi connectivity index (χ2n) is 9.35. The van der Waals surface area contributed by atoms with Crippen molar-refractivity contribution in [3.05, 3.63) is 23.8 Å². The van der Waals surface area contributed by atoms with Gasteiger partial charge in [0.1, 0.15) is 12.6 Å². The van der Waals surface area contributed by atoms with E-state index in [1.807, 2.05) is 34.6 Å². The molecule has 0 aromatic heterocycles. The van der Waals surface area contributed by atoms with Crippen molar-refractivity contribution in [1.29, 1.82) is 0 Å². The van der Waals surface area contributed by atoms with Gasteiger partial charge >= 0.3 is 24.1 Å². The molecule has 0 aliphatic rings. The van der Waals surface area contributed by atoms with Crippen LogP contribution in [0.1, 0.15) is 72.3 Å². The maximum absolute atomic E-state index is 12.5. The number of carbonyl (C=O) groups is 4. The normalized spacial score (nSPS) is 13.1. The van der Waals surface area contributed by atoms with Gasteiger partial charge in [0.2, 0.25) is 0 Å². The monoisotopic (exact) mass is 537 g/mol. The van der Waals surface area contributed by atoms with Crippen LogP contribution in [0.15, 0.2) is 18.2 Å². The van der Waals surface area contributed by atoms with E-state index in [9.17, 15) is 19.2 Å². The zero-order valence-electron chi connectivity index (χ0n) is 23.5. The Kier molecular flexibility index (Phi) is 15.7. The summed E-state index contributed by atoms with van der Waals surface area (Å²) in [6.45, 7) is 10.2. The molecule has 3 atom stereocenters. The molecule has 0 radical (unpaired) electrons. The molecule has 1 aromatic rings. The van der Waals surface area contributed by atoms with Gasteiger partial charge in [-0.2, -0.15) is 0 Å². The van der Waals surface area contributed by atoms with Crippen LogP contribution < -0.4 is 14.8 Å². The van der Waals surface area contributed by atoms with Gasteiger partial charge in [-0.25, -0.2) is 4.79 Å². The third-order valence-electron chi connectivity index (χ3n) is 5.94. The molecule has 214 valence electrons. The average Bonchev–Trinajstić information content (AvgIpc) is 2.89. The molecule has 0 heterocycles. The smallest absolute Gasteiger partial charge is 0.468 e. The Morgan fingerprint density at radius 3 is 1.97 bits per heavy atom. The topological polar surface area (TPSA) is 126 Å². The van der Waals surface area contributed by atoms with Gasteiger partial charge in [-0.1, -0.05) is 53.5 Å². The molecule has 0 saturated heterocycles. The van der Waals surface area contributed by atoms with Crippen LogP contribution in [0.3, 0.4) is 0 Å². The van der Waals surface area contributed by atoms with Crippen LogP contribution in [0.5, 0.6) is 11.5 Å². The van der Waals surface area contributed by atoms with Crippen molar-refractivity contribution in [2.24, 2.45) is 11.8 Å². The highest BCUT2D eigenvalue weighted by atomic mass is 16.7. The lowest BCUT2D eigenvalue weighted by atomic mass is 10.0. The fourth-order valence-corrected chi connectivity index (χ4v) is 3.24. The predicted molar refractivity (Wildman–Crippen MR) is 141 cm³/mol. The number of nitrogens with one attached hydrogen (secondary N) is 1. The number of benzene rings is 1.